The van der Waals surface area contributed by atoms with Gasteiger partial charge in [0.15, 0.2) is 6.61 Å². The number of rotatable bonds is 4. The van der Waals surface area contributed by atoms with Crippen LogP contribution in [0.3, 0.4) is 0 Å². The quantitative estimate of drug-likeness (QED) is 0.834. The fraction of sp³-hybridized carbons (Fsp3) is 0.0714. The average Bonchev–Trinajstić information content (AvgIpc) is 2.48. The number of halogens is 1. The molecule has 0 fully saturated rings. The van der Waals surface area contributed by atoms with Gasteiger partial charge in [-0.25, -0.2) is 14.2 Å². The van der Waals surface area contributed by atoms with Crippen molar-refractivity contribution in [2.45, 2.75) is 0 Å². The van der Waals surface area contributed by atoms with Crippen LogP contribution in [0, 0.1) is 5.82 Å². The zero-order valence-corrected chi connectivity index (χ0v) is 10.9. The van der Waals surface area contributed by atoms with Crippen molar-refractivity contribution in [2.24, 2.45) is 0 Å². The summed E-state index contributed by atoms with van der Waals surface area (Å²) < 4.78 is 18.1. The molecule has 0 radical (unpaired) electrons. The highest BCUT2D eigenvalue weighted by molar-refractivity contribution is 5.94. The zero-order valence-electron chi connectivity index (χ0n) is 10.9. The smallest absolute Gasteiger partial charge is 0.357 e. The number of nitrogen functional groups attached to an aromatic ring is 1. The zero-order chi connectivity index (χ0) is 15.2. The van der Waals surface area contributed by atoms with Gasteiger partial charge in [0.2, 0.25) is 0 Å². The second-order valence-electron chi connectivity index (χ2n) is 4.08. The number of anilines is 2. The fourth-order valence-corrected chi connectivity index (χ4v) is 1.48. The number of para-hydroxylation sites is 1. The molecule has 2 rings (SSSR count). The molecule has 0 saturated heterocycles. The molecule has 2 aromatic rings. The maximum Gasteiger partial charge on any atom is 0.357 e. The Balaban J connectivity index is 1.88. The van der Waals surface area contributed by atoms with Gasteiger partial charge >= 0.3 is 5.97 Å². The Morgan fingerprint density at radius 1 is 1.24 bits per heavy atom. The Morgan fingerprint density at radius 2 is 2.00 bits per heavy atom. The van der Waals surface area contributed by atoms with E-state index >= 15 is 0 Å². The van der Waals surface area contributed by atoms with Gasteiger partial charge in [0.05, 0.1) is 17.6 Å². The number of carbonyl (C=O) groups excluding carboxylic acids is 2. The monoisotopic (exact) mass is 289 g/mol. The first-order chi connectivity index (χ1) is 10.1. The second kappa shape index (κ2) is 6.47. The highest BCUT2D eigenvalue weighted by atomic mass is 19.1. The lowest BCUT2D eigenvalue weighted by molar-refractivity contribution is -0.119. The largest absolute Gasteiger partial charge is 0.451 e. The van der Waals surface area contributed by atoms with E-state index in [1.165, 1.54) is 36.5 Å². The fourth-order valence-electron chi connectivity index (χ4n) is 1.48. The number of hydrogen-bond acceptors (Lipinski definition) is 5. The summed E-state index contributed by atoms with van der Waals surface area (Å²) >= 11 is 0. The van der Waals surface area contributed by atoms with Gasteiger partial charge in [-0.2, -0.15) is 0 Å². The van der Waals surface area contributed by atoms with Gasteiger partial charge in [0.1, 0.15) is 11.5 Å². The van der Waals surface area contributed by atoms with Crippen LogP contribution < -0.4 is 11.1 Å². The molecule has 3 N–H and O–H groups in total. The second-order valence-corrected chi connectivity index (χ2v) is 4.08. The van der Waals surface area contributed by atoms with Gasteiger partial charge in [-0.1, -0.05) is 12.1 Å². The van der Waals surface area contributed by atoms with Crippen LogP contribution in [0.5, 0.6) is 0 Å². The minimum absolute atomic E-state index is 0.0177. The highest BCUT2D eigenvalue weighted by Crippen LogP contribution is 2.12. The van der Waals surface area contributed by atoms with Crippen LogP contribution in [-0.4, -0.2) is 23.5 Å². The number of ether oxygens (including phenoxy) is 1. The Labute approximate surface area is 119 Å². The lowest BCUT2D eigenvalue weighted by atomic mass is 10.3. The number of esters is 1. The van der Waals surface area contributed by atoms with Crippen molar-refractivity contribution in [3.63, 3.8) is 0 Å². The van der Waals surface area contributed by atoms with Crippen LogP contribution in [0.15, 0.2) is 42.6 Å². The van der Waals surface area contributed by atoms with Crippen molar-refractivity contribution in [1.82, 2.24) is 4.98 Å². The Kier molecular flexibility index (Phi) is 4.45. The molecule has 0 aliphatic carbocycles. The van der Waals surface area contributed by atoms with Crippen LogP contribution in [0.25, 0.3) is 0 Å². The number of nitrogens with zero attached hydrogens (tertiary/aromatic N) is 1. The van der Waals surface area contributed by atoms with Crippen LogP contribution in [0.1, 0.15) is 10.5 Å². The summed E-state index contributed by atoms with van der Waals surface area (Å²) in [7, 11) is 0. The number of aromatic nitrogens is 1. The molecule has 7 heteroatoms. The number of benzene rings is 1. The third-order valence-corrected chi connectivity index (χ3v) is 2.48. The number of amides is 1. The Hall–Kier alpha value is -2.96. The summed E-state index contributed by atoms with van der Waals surface area (Å²) in [6.07, 6.45) is 1.30. The Morgan fingerprint density at radius 3 is 2.67 bits per heavy atom. The van der Waals surface area contributed by atoms with Crippen molar-refractivity contribution in [3.8, 4) is 0 Å². The van der Waals surface area contributed by atoms with Crippen LogP contribution >= 0.6 is 0 Å². The number of nitrogens with two attached hydrogens (primary N) is 1. The van der Waals surface area contributed by atoms with Gasteiger partial charge < -0.3 is 15.8 Å². The molecule has 1 heterocycles. The van der Waals surface area contributed by atoms with Gasteiger partial charge in [0.25, 0.3) is 5.91 Å². The van der Waals surface area contributed by atoms with E-state index < -0.39 is 24.3 Å². The van der Waals surface area contributed by atoms with E-state index in [0.717, 1.165) is 0 Å². The number of pyridine rings is 1. The molecule has 1 aromatic heterocycles. The minimum atomic E-state index is -0.765. The molecule has 0 aliphatic rings. The number of nitrogens with one attached hydrogen (secondary N) is 1. The van der Waals surface area contributed by atoms with Gasteiger partial charge in [-0.3, -0.25) is 4.79 Å². The standard InChI is InChI=1S/C14H12FN3O3/c15-10-3-1-2-4-11(10)18-13(19)8-21-14(20)12-6-5-9(16)7-17-12/h1-7H,8,16H2,(H,18,19). The normalized spacial score (nSPS) is 9.95. The third-order valence-electron chi connectivity index (χ3n) is 2.48. The van der Waals surface area contributed by atoms with Crippen LogP contribution in [0.4, 0.5) is 15.8 Å². The summed E-state index contributed by atoms with van der Waals surface area (Å²) in [6.45, 7) is -0.542. The summed E-state index contributed by atoms with van der Waals surface area (Å²) in [6, 6.07) is 8.55. The molecule has 21 heavy (non-hydrogen) atoms. The summed E-state index contributed by atoms with van der Waals surface area (Å²) in [5.74, 6) is -1.99. The summed E-state index contributed by atoms with van der Waals surface area (Å²) in [5.41, 5.74) is 5.89. The predicted molar refractivity (Wildman–Crippen MR) is 74.0 cm³/mol. The average molecular weight is 289 g/mol. The molecule has 108 valence electrons. The molecular weight excluding hydrogens is 277 g/mol. The van der Waals surface area contributed by atoms with Crippen molar-refractivity contribution in [2.75, 3.05) is 17.7 Å². The third kappa shape index (κ3) is 4.00. The van der Waals surface area contributed by atoms with Crippen molar-refractivity contribution in [1.29, 1.82) is 0 Å². The molecule has 6 nitrogen and oxygen atoms in total. The summed E-state index contributed by atoms with van der Waals surface area (Å²) in [4.78, 5) is 26.9. The highest BCUT2D eigenvalue weighted by Gasteiger charge is 2.12. The van der Waals surface area contributed by atoms with Crippen LogP contribution in [0.2, 0.25) is 0 Å². The van der Waals surface area contributed by atoms with Crippen LogP contribution in [-0.2, 0) is 9.53 Å². The summed E-state index contributed by atoms with van der Waals surface area (Å²) in [5, 5.41) is 2.29. The lowest BCUT2D eigenvalue weighted by Crippen LogP contribution is -2.21. The first-order valence-electron chi connectivity index (χ1n) is 5.99. The van der Waals surface area contributed by atoms with E-state index in [1.807, 2.05) is 0 Å². The molecule has 0 bridgehead atoms. The molecular formula is C14H12FN3O3. The van der Waals surface area contributed by atoms with Gasteiger partial charge in [0, 0.05) is 0 Å². The van der Waals surface area contributed by atoms with Crippen molar-refractivity contribution in [3.05, 3.63) is 54.1 Å². The van der Waals surface area contributed by atoms with Crippen molar-refractivity contribution >= 4 is 23.3 Å². The van der Waals surface area contributed by atoms with E-state index in [0.29, 0.717) is 5.69 Å². The maximum atomic E-state index is 13.3. The van der Waals surface area contributed by atoms with Gasteiger partial charge in [-0.05, 0) is 24.3 Å². The SMILES string of the molecule is Nc1ccc(C(=O)OCC(=O)Nc2ccccc2F)nc1. The Bertz CT molecular complexity index is 659. The van der Waals surface area contributed by atoms with E-state index in [-0.39, 0.29) is 11.4 Å². The van der Waals surface area contributed by atoms with E-state index in [1.54, 1.807) is 6.07 Å². The topological polar surface area (TPSA) is 94.3 Å². The lowest BCUT2D eigenvalue weighted by Gasteiger charge is -2.07. The molecule has 0 saturated carbocycles. The van der Waals surface area contributed by atoms with Gasteiger partial charge in [-0.15, -0.1) is 0 Å². The van der Waals surface area contributed by atoms with E-state index in [9.17, 15) is 14.0 Å². The predicted octanol–water partition coefficient (Wildman–Crippen LogP) is 1.60. The number of carbonyl (C=O) groups is 2. The molecule has 0 atom stereocenters. The maximum absolute atomic E-state index is 13.3. The molecule has 1 amide bonds. The minimum Gasteiger partial charge on any atom is -0.451 e. The number of hydrogen-bond donors (Lipinski definition) is 2. The van der Waals surface area contributed by atoms with E-state index in [4.69, 9.17) is 10.5 Å². The first-order valence-corrected chi connectivity index (χ1v) is 5.99. The molecule has 1 aromatic carbocycles. The molecule has 0 unspecified atom stereocenters. The van der Waals surface area contributed by atoms with Crippen molar-refractivity contribution < 1.29 is 18.7 Å². The van der Waals surface area contributed by atoms with E-state index in [2.05, 4.69) is 10.3 Å². The first kappa shape index (κ1) is 14.4. The molecule has 0 aliphatic heterocycles. The molecule has 0 spiro atoms.